The highest BCUT2D eigenvalue weighted by Crippen LogP contribution is 2.22. The SMILES string of the molecule is Cc1ccc(C(=O)Nc2cc(Br)ccc2C(N)=S)cc1F. The number of amides is 1. The van der Waals surface area contributed by atoms with E-state index in [9.17, 15) is 9.18 Å². The summed E-state index contributed by atoms with van der Waals surface area (Å²) in [6.07, 6.45) is 0. The second-order valence-corrected chi connectivity index (χ2v) is 5.83. The van der Waals surface area contributed by atoms with E-state index in [1.807, 2.05) is 0 Å². The molecule has 0 spiro atoms. The minimum atomic E-state index is -0.426. The summed E-state index contributed by atoms with van der Waals surface area (Å²) in [4.78, 5) is 12.4. The van der Waals surface area contributed by atoms with E-state index in [0.29, 0.717) is 16.8 Å². The molecule has 3 N–H and O–H groups in total. The van der Waals surface area contributed by atoms with Gasteiger partial charge in [-0.1, -0.05) is 34.2 Å². The van der Waals surface area contributed by atoms with Crippen LogP contribution in [0.25, 0.3) is 0 Å². The number of nitrogens with one attached hydrogen (secondary N) is 1. The van der Waals surface area contributed by atoms with Gasteiger partial charge in [-0.2, -0.15) is 0 Å². The molecule has 108 valence electrons. The van der Waals surface area contributed by atoms with Crippen LogP contribution in [0.3, 0.4) is 0 Å². The molecule has 0 bridgehead atoms. The molecule has 2 rings (SSSR count). The summed E-state index contributed by atoms with van der Waals surface area (Å²) < 4.78 is 14.3. The standard InChI is InChI=1S/C15H12BrFN2OS/c1-8-2-3-9(6-12(8)17)15(20)19-13-7-10(16)4-5-11(13)14(18)21/h2-7H,1H3,(H2,18,21)(H,19,20). The van der Waals surface area contributed by atoms with Gasteiger partial charge in [-0.25, -0.2) is 4.39 Å². The molecule has 0 aliphatic carbocycles. The molecule has 0 atom stereocenters. The number of benzene rings is 2. The third-order valence-corrected chi connectivity index (χ3v) is 3.64. The fourth-order valence-electron chi connectivity index (χ4n) is 1.76. The number of nitrogens with two attached hydrogens (primary N) is 1. The predicted molar refractivity (Wildman–Crippen MR) is 89.1 cm³/mol. The highest BCUT2D eigenvalue weighted by atomic mass is 79.9. The molecule has 2 aromatic carbocycles. The largest absolute Gasteiger partial charge is 0.389 e. The number of hydrogen-bond acceptors (Lipinski definition) is 2. The third kappa shape index (κ3) is 3.65. The summed E-state index contributed by atoms with van der Waals surface area (Å²) in [5.41, 5.74) is 7.37. The Bertz CT molecular complexity index is 734. The Balaban J connectivity index is 2.33. The lowest BCUT2D eigenvalue weighted by molar-refractivity contribution is 0.102. The van der Waals surface area contributed by atoms with Gasteiger partial charge < -0.3 is 11.1 Å². The zero-order valence-electron chi connectivity index (χ0n) is 11.1. The monoisotopic (exact) mass is 366 g/mol. The first-order valence-electron chi connectivity index (χ1n) is 6.05. The fraction of sp³-hybridized carbons (Fsp3) is 0.0667. The Morgan fingerprint density at radius 2 is 2.00 bits per heavy atom. The van der Waals surface area contributed by atoms with Crippen molar-refractivity contribution in [1.82, 2.24) is 0 Å². The molecule has 0 aliphatic heterocycles. The van der Waals surface area contributed by atoms with E-state index in [0.717, 1.165) is 4.47 Å². The first kappa shape index (κ1) is 15.6. The molecule has 0 aromatic heterocycles. The van der Waals surface area contributed by atoms with Crippen LogP contribution < -0.4 is 11.1 Å². The number of halogens is 2. The molecule has 0 saturated carbocycles. The topological polar surface area (TPSA) is 55.1 Å². The summed E-state index contributed by atoms with van der Waals surface area (Å²) in [7, 11) is 0. The molecule has 0 fully saturated rings. The molecule has 0 heterocycles. The quantitative estimate of drug-likeness (QED) is 0.812. The minimum Gasteiger partial charge on any atom is -0.389 e. The van der Waals surface area contributed by atoms with Crippen molar-refractivity contribution in [1.29, 1.82) is 0 Å². The highest BCUT2D eigenvalue weighted by molar-refractivity contribution is 9.10. The van der Waals surface area contributed by atoms with Crippen molar-refractivity contribution < 1.29 is 9.18 Å². The minimum absolute atomic E-state index is 0.174. The molecule has 0 aliphatic rings. The second-order valence-electron chi connectivity index (χ2n) is 4.47. The van der Waals surface area contributed by atoms with Gasteiger partial charge in [0.15, 0.2) is 0 Å². The summed E-state index contributed by atoms with van der Waals surface area (Å²) in [6, 6.07) is 9.49. The number of aryl methyl sites for hydroxylation is 1. The van der Waals surface area contributed by atoms with Crippen LogP contribution in [0.2, 0.25) is 0 Å². The molecule has 1 amide bonds. The van der Waals surface area contributed by atoms with Gasteiger partial charge in [0.25, 0.3) is 5.91 Å². The van der Waals surface area contributed by atoms with E-state index < -0.39 is 11.7 Å². The molecule has 0 radical (unpaired) electrons. The number of rotatable bonds is 3. The van der Waals surface area contributed by atoms with Crippen molar-refractivity contribution in [2.24, 2.45) is 5.73 Å². The van der Waals surface area contributed by atoms with Crippen LogP contribution in [-0.4, -0.2) is 10.9 Å². The summed E-state index contributed by atoms with van der Waals surface area (Å²) in [6.45, 7) is 1.64. The lowest BCUT2D eigenvalue weighted by atomic mass is 10.1. The fourth-order valence-corrected chi connectivity index (χ4v) is 2.30. The van der Waals surface area contributed by atoms with Crippen molar-refractivity contribution in [3.05, 3.63) is 63.4 Å². The maximum Gasteiger partial charge on any atom is 0.255 e. The Labute approximate surface area is 135 Å². The smallest absolute Gasteiger partial charge is 0.255 e. The number of carbonyl (C=O) groups is 1. The van der Waals surface area contributed by atoms with Gasteiger partial charge >= 0.3 is 0 Å². The van der Waals surface area contributed by atoms with Gasteiger partial charge in [0.1, 0.15) is 10.8 Å². The number of anilines is 1. The van der Waals surface area contributed by atoms with E-state index in [2.05, 4.69) is 21.2 Å². The van der Waals surface area contributed by atoms with Crippen molar-refractivity contribution in [3.63, 3.8) is 0 Å². The number of thiocarbonyl (C=S) groups is 1. The first-order chi connectivity index (χ1) is 9.88. The van der Waals surface area contributed by atoms with Gasteiger partial charge in [0.05, 0.1) is 5.69 Å². The zero-order valence-corrected chi connectivity index (χ0v) is 13.5. The van der Waals surface area contributed by atoms with Gasteiger partial charge in [-0.3, -0.25) is 4.79 Å². The van der Waals surface area contributed by atoms with Crippen molar-refractivity contribution in [2.75, 3.05) is 5.32 Å². The van der Waals surface area contributed by atoms with Crippen molar-refractivity contribution >= 4 is 44.7 Å². The van der Waals surface area contributed by atoms with Crippen molar-refractivity contribution in [3.8, 4) is 0 Å². The average molecular weight is 367 g/mol. The number of carbonyl (C=O) groups excluding carboxylic acids is 1. The Kier molecular flexibility index (Phi) is 4.69. The van der Waals surface area contributed by atoms with Crippen LogP contribution in [-0.2, 0) is 0 Å². The summed E-state index contributed by atoms with van der Waals surface area (Å²) >= 11 is 8.27. The summed E-state index contributed by atoms with van der Waals surface area (Å²) in [5.74, 6) is -0.851. The normalized spacial score (nSPS) is 10.2. The molecule has 2 aromatic rings. The molecule has 0 unspecified atom stereocenters. The van der Waals surface area contributed by atoms with E-state index in [-0.39, 0.29) is 10.6 Å². The predicted octanol–water partition coefficient (Wildman–Crippen LogP) is 3.78. The lowest BCUT2D eigenvalue weighted by Crippen LogP contribution is -2.17. The van der Waals surface area contributed by atoms with E-state index >= 15 is 0 Å². The van der Waals surface area contributed by atoms with Crippen LogP contribution in [0.4, 0.5) is 10.1 Å². The molecule has 3 nitrogen and oxygen atoms in total. The second kappa shape index (κ2) is 6.32. The Morgan fingerprint density at radius 3 is 2.62 bits per heavy atom. The van der Waals surface area contributed by atoms with Crippen LogP contribution in [0, 0.1) is 12.7 Å². The summed E-state index contributed by atoms with van der Waals surface area (Å²) in [5, 5.41) is 2.69. The molecule has 6 heteroatoms. The molecule has 0 saturated heterocycles. The average Bonchev–Trinajstić information content (AvgIpc) is 2.41. The van der Waals surface area contributed by atoms with Gasteiger partial charge in [0, 0.05) is 15.6 Å². The van der Waals surface area contributed by atoms with Crippen molar-refractivity contribution in [2.45, 2.75) is 6.92 Å². The maximum absolute atomic E-state index is 13.5. The van der Waals surface area contributed by atoms with Gasteiger partial charge in [-0.05, 0) is 42.8 Å². The van der Waals surface area contributed by atoms with E-state index in [1.165, 1.54) is 6.07 Å². The van der Waals surface area contributed by atoms with Gasteiger partial charge in [-0.15, -0.1) is 0 Å². The van der Waals surface area contributed by atoms with Gasteiger partial charge in [0.2, 0.25) is 0 Å². The maximum atomic E-state index is 13.5. The highest BCUT2D eigenvalue weighted by Gasteiger charge is 2.12. The molecule has 21 heavy (non-hydrogen) atoms. The lowest BCUT2D eigenvalue weighted by Gasteiger charge is -2.11. The van der Waals surface area contributed by atoms with Crippen LogP contribution in [0.5, 0.6) is 0 Å². The van der Waals surface area contributed by atoms with Crippen LogP contribution >= 0.6 is 28.1 Å². The zero-order chi connectivity index (χ0) is 15.6. The molecular formula is C15H12BrFN2OS. The third-order valence-electron chi connectivity index (χ3n) is 2.93. The molecular weight excluding hydrogens is 355 g/mol. The Hall–Kier alpha value is -1.79. The first-order valence-corrected chi connectivity index (χ1v) is 7.25. The van der Waals surface area contributed by atoms with E-state index in [4.69, 9.17) is 18.0 Å². The number of hydrogen-bond donors (Lipinski definition) is 2. The Morgan fingerprint density at radius 1 is 1.29 bits per heavy atom. The van der Waals surface area contributed by atoms with Crippen LogP contribution in [0.1, 0.15) is 21.5 Å². The van der Waals surface area contributed by atoms with E-state index in [1.54, 1.807) is 37.3 Å². The van der Waals surface area contributed by atoms with Crippen LogP contribution in [0.15, 0.2) is 40.9 Å².